The molecule has 6 rings (SSSR count). The Morgan fingerprint density at radius 2 is 1.59 bits per heavy atom. The number of imidazole rings is 1. The van der Waals surface area contributed by atoms with Gasteiger partial charge < -0.3 is 14.2 Å². The molecule has 0 spiro atoms. The topological polar surface area (TPSA) is 59.3 Å². The molecule has 3 atom stereocenters. The number of aromatic nitrogens is 4. The Balaban J connectivity index is 1.36. The van der Waals surface area contributed by atoms with E-state index in [1.165, 1.54) is 11.1 Å². The maximum atomic E-state index is 6.57. The number of piperazine rings is 1. The predicted molar refractivity (Wildman–Crippen MR) is 166 cm³/mol. The number of halogens is 3. The minimum Gasteiger partial charge on any atom is -0.376 e. The Kier molecular flexibility index (Phi) is 8.44. The highest BCUT2D eigenvalue weighted by atomic mass is 35.5. The van der Waals surface area contributed by atoms with E-state index in [4.69, 9.17) is 49.5 Å². The van der Waals surface area contributed by atoms with Gasteiger partial charge in [0.25, 0.3) is 0 Å². The fraction of sp³-hybridized carbons (Fsp3) is 0.452. The van der Waals surface area contributed by atoms with Crippen LogP contribution < -0.4 is 4.90 Å². The van der Waals surface area contributed by atoms with Crippen LogP contribution in [-0.2, 0) is 11.3 Å². The van der Waals surface area contributed by atoms with E-state index in [2.05, 4.69) is 57.5 Å². The zero-order valence-corrected chi connectivity index (χ0v) is 25.9. The van der Waals surface area contributed by atoms with Crippen LogP contribution in [0.2, 0.25) is 15.3 Å². The third kappa shape index (κ3) is 5.80. The van der Waals surface area contributed by atoms with Crippen LogP contribution >= 0.6 is 34.8 Å². The van der Waals surface area contributed by atoms with E-state index >= 15 is 0 Å². The molecule has 0 unspecified atom stereocenters. The number of aryl methyl sites for hydroxylation is 1. The molecule has 0 bridgehead atoms. The van der Waals surface area contributed by atoms with E-state index in [1.54, 1.807) is 0 Å². The van der Waals surface area contributed by atoms with Crippen LogP contribution in [0.15, 0.2) is 48.5 Å². The largest absolute Gasteiger partial charge is 0.376 e. The molecule has 0 aliphatic carbocycles. The molecule has 41 heavy (non-hydrogen) atoms. The van der Waals surface area contributed by atoms with Crippen molar-refractivity contribution in [1.29, 1.82) is 0 Å². The van der Waals surface area contributed by atoms with Crippen molar-refractivity contribution in [2.45, 2.75) is 70.8 Å². The maximum Gasteiger partial charge on any atom is 0.226 e. The fourth-order valence-electron chi connectivity index (χ4n) is 6.39. The third-order valence-electron chi connectivity index (χ3n) is 8.48. The first-order chi connectivity index (χ1) is 19.8. The standard InChI is InChI=1S/C31H35Cl3N6O/c1-4-25-17-38(29-27-30(37-31(34)36-29)39(20(3)35-27)18-26-6-5-15-41-26)19(2)16-40(25)28(21-7-11-23(32)12-8-21)22-9-13-24(33)14-10-22/h7-14,19,25-26,28H,4-6,15-18H2,1-3H3/t19-,25+,26-/m0/s1. The molecule has 2 fully saturated rings. The van der Waals surface area contributed by atoms with Gasteiger partial charge in [-0.05, 0) is 80.1 Å². The van der Waals surface area contributed by atoms with Crippen molar-refractivity contribution in [2.75, 3.05) is 24.6 Å². The smallest absolute Gasteiger partial charge is 0.226 e. The van der Waals surface area contributed by atoms with Crippen molar-refractivity contribution in [3.05, 3.63) is 80.8 Å². The first-order valence-corrected chi connectivity index (χ1v) is 15.5. The lowest BCUT2D eigenvalue weighted by Gasteiger charge is -2.49. The van der Waals surface area contributed by atoms with Crippen molar-refractivity contribution < 1.29 is 4.74 Å². The SMILES string of the molecule is CC[C@@H]1CN(c2nc(Cl)nc3c2nc(C)n3C[C@@H]2CCCO2)[C@@H](C)CN1C(c1ccc(Cl)cc1)c1ccc(Cl)cc1. The van der Waals surface area contributed by atoms with Crippen LogP contribution in [0.4, 0.5) is 5.82 Å². The lowest BCUT2D eigenvalue weighted by Crippen LogP contribution is -2.58. The van der Waals surface area contributed by atoms with Crippen LogP contribution in [0.5, 0.6) is 0 Å². The average Bonchev–Trinajstić information content (AvgIpc) is 3.59. The van der Waals surface area contributed by atoms with Gasteiger partial charge in [-0.15, -0.1) is 0 Å². The van der Waals surface area contributed by atoms with Gasteiger partial charge in [0.15, 0.2) is 17.0 Å². The summed E-state index contributed by atoms with van der Waals surface area (Å²) in [7, 11) is 0. The number of fused-ring (bicyclic) bond motifs is 1. The minimum atomic E-state index is 0.0564. The lowest BCUT2D eigenvalue weighted by molar-refractivity contribution is 0.0973. The summed E-state index contributed by atoms with van der Waals surface area (Å²) in [5.41, 5.74) is 3.97. The van der Waals surface area contributed by atoms with Gasteiger partial charge in [-0.25, -0.2) is 4.98 Å². The molecule has 216 valence electrons. The molecule has 2 aliphatic heterocycles. The van der Waals surface area contributed by atoms with E-state index in [0.717, 1.165) is 78.4 Å². The van der Waals surface area contributed by atoms with Gasteiger partial charge in [-0.3, -0.25) is 4.90 Å². The number of benzene rings is 2. The molecular weight excluding hydrogens is 579 g/mol. The Hall–Kier alpha value is -2.42. The molecule has 2 aliphatic rings. The Morgan fingerprint density at radius 3 is 2.17 bits per heavy atom. The Morgan fingerprint density at radius 1 is 0.927 bits per heavy atom. The van der Waals surface area contributed by atoms with Gasteiger partial charge in [-0.2, -0.15) is 9.97 Å². The van der Waals surface area contributed by atoms with E-state index in [-0.39, 0.29) is 29.5 Å². The summed E-state index contributed by atoms with van der Waals surface area (Å²) in [6.45, 7) is 9.66. The number of nitrogens with zero attached hydrogens (tertiary/aromatic N) is 6. The van der Waals surface area contributed by atoms with Gasteiger partial charge in [0, 0.05) is 41.8 Å². The molecule has 0 N–H and O–H groups in total. The molecule has 0 amide bonds. The molecule has 7 nitrogen and oxygen atoms in total. The zero-order chi connectivity index (χ0) is 28.7. The van der Waals surface area contributed by atoms with E-state index in [1.807, 2.05) is 31.2 Å². The molecule has 2 aromatic carbocycles. The highest BCUT2D eigenvalue weighted by molar-refractivity contribution is 6.30. The maximum absolute atomic E-state index is 6.57. The summed E-state index contributed by atoms with van der Waals surface area (Å²) >= 11 is 19.1. The molecule has 0 saturated carbocycles. The Bertz CT molecular complexity index is 1460. The predicted octanol–water partition coefficient (Wildman–Crippen LogP) is 7.35. The summed E-state index contributed by atoms with van der Waals surface area (Å²) in [5, 5.41) is 1.70. The van der Waals surface area contributed by atoms with Crippen molar-refractivity contribution in [3.8, 4) is 0 Å². The normalized spacial score (nSPS) is 21.8. The Labute approximate surface area is 256 Å². The van der Waals surface area contributed by atoms with E-state index in [0.29, 0.717) is 0 Å². The molecule has 2 aromatic heterocycles. The lowest BCUT2D eigenvalue weighted by atomic mass is 9.92. The van der Waals surface area contributed by atoms with Crippen LogP contribution in [0.25, 0.3) is 11.2 Å². The summed E-state index contributed by atoms with van der Waals surface area (Å²) in [6.07, 6.45) is 3.28. The highest BCUT2D eigenvalue weighted by Gasteiger charge is 2.38. The van der Waals surface area contributed by atoms with E-state index < -0.39 is 0 Å². The molecule has 4 heterocycles. The molecule has 10 heteroatoms. The molecule has 0 radical (unpaired) electrons. The van der Waals surface area contributed by atoms with Crippen LogP contribution in [-0.4, -0.2) is 62.3 Å². The summed E-state index contributed by atoms with van der Waals surface area (Å²) in [4.78, 5) is 19.3. The molecule has 4 aromatic rings. The third-order valence-corrected chi connectivity index (χ3v) is 9.15. The summed E-state index contributed by atoms with van der Waals surface area (Å²) < 4.78 is 8.05. The number of hydrogen-bond acceptors (Lipinski definition) is 6. The first-order valence-electron chi connectivity index (χ1n) is 14.4. The van der Waals surface area contributed by atoms with Gasteiger partial charge in [0.2, 0.25) is 5.28 Å². The van der Waals surface area contributed by atoms with Gasteiger partial charge in [-0.1, -0.05) is 54.4 Å². The first kappa shape index (κ1) is 28.7. The molecular formula is C31H35Cl3N6O. The molecule has 2 saturated heterocycles. The van der Waals surface area contributed by atoms with Crippen molar-refractivity contribution in [1.82, 2.24) is 24.4 Å². The fourth-order valence-corrected chi connectivity index (χ4v) is 6.80. The van der Waals surface area contributed by atoms with Gasteiger partial charge in [0.05, 0.1) is 18.7 Å². The second-order valence-electron chi connectivity index (χ2n) is 11.2. The number of hydrogen-bond donors (Lipinski definition) is 0. The number of rotatable bonds is 7. The van der Waals surface area contributed by atoms with E-state index in [9.17, 15) is 0 Å². The average molecular weight is 614 g/mol. The van der Waals surface area contributed by atoms with Crippen molar-refractivity contribution in [3.63, 3.8) is 0 Å². The monoisotopic (exact) mass is 612 g/mol. The van der Waals surface area contributed by atoms with Crippen molar-refractivity contribution in [2.24, 2.45) is 0 Å². The van der Waals surface area contributed by atoms with Crippen molar-refractivity contribution >= 4 is 51.8 Å². The summed E-state index contributed by atoms with van der Waals surface area (Å²) in [5.74, 6) is 1.70. The van der Waals surface area contributed by atoms with Crippen LogP contribution in [0.1, 0.15) is 56.1 Å². The highest BCUT2D eigenvalue weighted by Crippen LogP contribution is 2.37. The van der Waals surface area contributed by atoms with Crippen LogP contribution in [0.3, 0.4) is 0 Å². The second kappa shape index (κ2) is 12.1. The quantitative estimate of drug-likeness (QED) is 0.203. The number of anilines is 1. The zero-order valence-electron chi connectivity index (χ0n) is 23.6. The minimum absolute atomic E-state index is 0.0564. The van der Waals surface area contributed by atoms with Crippen LogP contribution in [0, 0.1) is 6.92 Å². The van der Waals surface area contributed by atoms with Gasteiger partial charge >= 0.3 is 0 Å². The number of ether oxygens (including phenoxy) is 1. The summed E-state index contributed by atoms with van der Waals surface area (Å²) in [6, 6.07) is 16.8. The second-order valence-corrected chi connectivity index (χ2v) is 12.4. The van der Waals surface area contributed by atoms with Gasteiger partial charge in [0.1, 0.15) is 5.82 Å².